The van der Waals surface area contributed by atoms with E-state index in [0.29, 0.717) is 54.2 Å². The highest BCUT2D eigenvalue weighted by Gasteiger charge is 2.45. The summed E-state index contributed by atoms with van der Waals surface area (Å²) < 4.78 is 5.56. The number of nitrogens with zero attached hydrogens (tertiary/aromatic N) is 3. The lowest BCUT2D eigenvalue weighted by atomic mass is 9.72. The van der Waals surface area contributed by atoms with E-state index in [1.54, 1.807) is 18.3 Å². The minimum atomic E-state index is -0.666. The van der Waals surface area contributed by atoms with Crippen molar-refractivity contribution in [2.75, 3.05) is 44.3 Å². The van der Waals surface area contributed by atoms with Gasteiger partial charge in [-0.2, -0.15) is 0 Å². The maximum Gasteiger partial charge on any atom is 0.233 e. The fourth-order valence-corrected chi connectivity index (χ4v) is 4.89. The number of pyridine rings is 1. The Morgan fingerprint density at radius 3 is 2.28 bits per heavy atom. The van der Waals surface area contributed by atoms with Crippen molar-refractivity contribution < 1.29 is 9.53 Å². The molecule has 1 aromatic heterocycles. The standard InChI is InChI=1S/C21H22Cl3N3O2/c22-15-1-3-17(18(24)13-15)21(5-11-29-12-6-21)20(28)27-9-7-26(8-10-27)19-4-2-16(23)14-25-19/h1-4,13-14H,5-12H2. The van der Waals surface area contributed by atoms with Crippen molar-refractivity contribution >= 4 is 46.5 Å². The Balaban J connectivity index is 1.54. The van der Waals surface area contributed by atoms with Gasteiger partial charge < -0.3 is 14.5 Å². The summed E-state index contributed by atoms with van der Waals surface area (Å²) in [4.78, 5) is 22.2. The third-order valence-electron chi connectivity index (χ3n) is 5.81. The first-order chi connectivity index (χ1) is 14.0. The van der Waals surface area contributed by atoms with E-state index in [2.05, 4.69) is 9.88 Å². The Labute approximate surface area is 185 Å². The lowest BCUT2D eigenvalue weighted by Gasteiger charge is -2.43. The topological polar surface area (TPSA) is 45.7 Å². The van der Waals surface area contributed by atoms with Crippen LogP contribution < -0.4 is 4.90 Å². The summed E-state index contributed by atoms with van der Waals surface area (Å²) in [7, 11) is 0. The van der Waals surface area contributed by atoms with E-state index in [1.807, 2.05) is 23.1 Å². The summed E-state index contributed by atoms with van der Waals surface area (Å²) in [6.45, 7) is 3.80. The molecule has 0 atom stereocenters. The molecule has 0 bridgehead atoms. The van der Waals surface area contributed by atoms with Crippen molar-refractivity contribution in [1.29, 1.82) is 0 Å². The monoisotopic (exact) mass is 453 g/mol. The van der Waals surface area contributed by atoms with Gasteiger partial charge in [0.1, 0.15) is 5.82 Å². The van der Waals surface area contributed by atoms with Gasteiger partial charge >= 0.3 is 0 Å². The molecule has 3 heterocycles. The Kier molecular flexibility index (Phi) is 6.21. The lowest BCUT2D eigenvalue weighted by molar-refractivity contribution is -0.141. The highest BCUT2D eigenvalue weighted by Crippen LogP contribution is 2.41. The summed E-state index contributed by atoms with van der Waals surface area (Å²) >= 11 is 18.6. The van der Waals surface area contributed by atoms with E-state index in [4.69, 9.17) is 39.5 Å². The number of carbonyl (C=O) groups excluding carboxylic acids is 1. The van der Waals surface area contributed by atoms with Gasteiger partial charge in [0, 0.05) is 55.6 Å². The van der Waals surface area contributed by atoms with Crippen LogP contribution in [0.1, 0.15) is 18.4 Å². The molecule has 0 aliphatic carbocycles. The highest BCUT2D eigenvalue weighted by molar-refractivity contribution is 6.35. The Morgan fingerprint density at radius 2 is 1.66 bits per heavy atom. The molecular weight excluding hydrogens is 433 g/mol. The molecule has 0 unspecified atom stereocenters. The normalized spacial score (nSPS) is 19.3. The molecular formula is C21H22Cl3N3O2. The number of carbonyl (C=O) groups is 1. The Morgan fingerprint density at radius 1 is 0.966 bits per heavy atom. The van der Waals surface area contributed by atoms with Gasteiger partial charge in [-0.3, -0.25) is 4.79 Å². The molecule has 2 saturated heterocycles. The van der Waals surface area contributed by atoms with Crippen LogP contribution in [0.5, 0.6) is 0 Å². The summed E-state index contributed by atoms with van der Waals surface area (Å²) in [5.41, 5.74) is 0.180. The number of amides is 1. The summed E-state index contributed by atoms with van der Waals surface area (Å²) in [5.74, 6) is 0.997. The van der Waals surface area contributed by atoms with Crippen LogP contribution in [0.15, 0.2) is 36.5 Å². The average Bonchev–Trinajstić information content (AvgIpc) is 2.74. The van der Waals surface area contributed by atoms with Crippen LogP contribution in [-0.2, 0) is 14.9 Å². The smallest absolute Gasteiger partial charge is 0.233 e. The van der Waals surface area contributed by atoms with Gasteiger partial charge in [-0.25, -0.2) is 4.98 Å². The average molecular weight is 455 g/mol. The van der Waals surface area contributed by atoms with E-state index < -0.39 is 5.41 Å². The molecule has 2 fully saturated rings. The SMILES string of the molecule is O=C(N1CCN(c2ccc(Cl)cn2)CC1)C1(c2ccc(Cl)cc2Cl)CCOCC1. The largest absolute Gasteiger partial charge is 0.381 e. The Hall–Kier alpha value is -1.53. The van der Waals surface area contributed by atoms with Gasteiger partial charge in [0.2, 0.25) is 5.91 Å². The molecule has 0 radical (unpaired) electrons. The number of hydrogen-bond donors (Lipinski definition) is 0. The molecule has 2 aromatic rings. The fourth-order valence-electron chi connectivity index (χ4n) is 4.19. The Bertz CT molecular complexity index is 877. The number of anilines is 1. The zero-order valence-corrected chi connectivity index (χ0v) is 18.2. The zero-order chi connectivity index (χ0) is 20.4. The molecule has 29 heavy (non-hydrogen) atoms. The molecule has 2 aliphatic heterocycles. The minimum absolute atomic E-state index is 0.119. The third-order valence-corrected chi connectivity index (χ3v) is 6.58. The molecule has 2 aliphatic rings. The van der Waals surface area contributed by atoms with Gasteiger partial charge in [0.05, 0.1) is 10.4 Å². The van der Waals surface area contributed by atoms with Gasteiger partial charge in [-0.1, -0.05) is 40.9 Å². The first-order valence-corrected chi connectivity index (χ1v) is 10.8. The minimum Gasteiger partial charge on any atom is -0.381 e. The molecule has 154 valence electrons. The molecule has 0 spiro atoms. The first kappa shape index (κ1) is 20.7. The first-order valence-electron chi connectivity index (χ1n) is 9.69. The number of rotatable bonds is 3. The van der Waals surface area contributed by atoms with E-state index in [9.17, 15) is 4.79 Å². The third kappa shape index (κ3) is 4.19. The second kappa shape index (κ2) is 8.68. The van der Waals surface area contributed by atoms with Gasteiger partial charge in [-0.15, -0.1) is 0 Å². The van der Waals surface area contributed by atoms with Crippen LogP contribution >= 0.6 is 34.8 Å². The van der Waals surface area contributed by atoms with Crippen LogP contribution in [0, 0.1) is 0 Å². The molecule has 4 rings (SSSR count). The van der Waals surface area contributed by atoms with Crippen molar-refractivity contribution in [2.45, 2.75) is 18.3 Å². The number of aromatic nitrogens is 1. The number of hydrogen-bond acceptors (Lipinski definition) is 4. The van der Waals surface area contributed by atoms with Gasteiger partial charge in [-0.05, 0) is 42.7 Å². The second-order valence-electron chi connectivity index (χ2n) is 7.43. The molecule has 8 heteroatoms. The van der Waals surface area contributed by atoms with Gasteiger partial charge in [0.25, 0.3) is 0 Å². The van der Waals surface area contributed by atoms with Crippen LogP contribution in [0.2, 0.25) is 15.1 Å². The summed E-state index contributed by atoms with van der Waals surface area (Å²) in [6.07, 6.45) is 2.88. The zero-order valence-electron chi connectivity index (χ0n) is 15.9. The van der Waals surface area contributed by atoms with Crippen LogP contribution in [0.25, 0.3) is 0 Å². The second-order valence-corrected chi connectivity index (χ2v) is 8.71. The van der Waals surface area contributed by atoms with Crippen LogP contribution in [0.4, 0.5) is 5.82 Å². The van der Waals surface area contributed by atoms with Crippen LogP contribution in [-0.4, -0.2) is 55.2 Å². The summed E-state index contributed by atoms with van der Waals surface area (Å²) in [5, 5.41) is 1.72. The maximum absolute atomic E-state index is 13.7. The van der Waals surface area contributed by atoms with Crippen molar-refractivity contribution in [3.05, 3.63) is 57.2 Å². The number of benzene rings is 1. The molecule has 5 nitrogen and oxygen atoms in total. The fraction of sp³-hybridized carbons (Fsp3) is 0.429. The van der Waals surface area contributed by atoms with Crippen molar-refractivity contribution in [3.63, 3.8) is 0 Å². The van der Waals surface area contributed by atoms with E-state index in [-0.39, 0.29) is 5.91 Å². The summed E-state index contributed by atoms with van der Waals surface area (Å²) in [6, 6.07) is 9.15. The van der Waals surface area contributed by atoms with E-state index in [1.165, 1.54) is 0 Å². The van der Waals surface area contributed by atoms with Gasteiger partial charge in [0.15, 0.2) is 0 Å². The quantitative estimate of drug-likeness (QED) is 0.688. The predicted octanol–water partition coefficient (Wildman–Crippen LogP) is 4.44. The van der Waals surface area contributed by atoms with Crippen LogP contribution in [0.3, 0.4) is 0 Å². The molecule has 1 aromatic carbocycles. The highest BCUT2D eigenvalue weighted by atomic mass is 35.5. The maximum atomic E-state index is 13.7. The number of ether oxygens (including phenoxy) is 1. The van der Waals surface area contributed by atoms with E-state index in [0.717, 1.165) is 24.5 Å². The van der Waals surface area contributed by atoms with Crippen molar-refractivity contribution in [3.8, 4) is 0 Å². The molecule has 0 saturated carbocycles. The van der Waals surface area contributed by atoms with Crippen molar-refractivity contribution in [1.82, 2.24) is 9.88 Å². The number of piperazine rings is 1. The predicted molar refractivity (Wildman–Crippen MR) is 116 cm³/mol. The lowest BCUT2D eigenvalue weighted by Crippen LogP contribution is -2.56. The van der Waals surface area contributed by atoms with E-state index >= 15 is 0 Å². The molecule has 0 N–H and O–H groups in total. The number of halogens is 3. The van der Waals surface area contributed by atoms with Crippen molar-refractivity contribution in [2.24, 2.45) is 0 Å². The molecule has 1 amide bonds.